The van der Waals surface area contributed by atoms with Crippen LogP contribution in [0.25, 0.3) is 11.3 Å². The lowest BCUT2D eigenvalue weighted by Crippen LogP contribution is -2.21. The molecule has 0 amide bonds. The Kier molecular flexibility index (Phi) is 4.53. The fourth-order valence-electron chi connectivity index (χ4n) is 2.20. The molecular formula is C16H16BrN3S. The highest BCUT2D eigenvalue weighted by atomic mass is 79.9. The van der Waals surface area contributed by atoms with Crippen LogP contribution in [-0.4, -0.2) is 21.7 Å². The second-order valence-electron chi connectivity index (χ2n) is 5.03. The number of hydrogen-bond donors (Lipinski definition) is 0. The summed E-state index contributed by atoms with van der Waals surface area (Å²) in [6, 6.07) is 12.6. The van der Waals surface area contributed by atoms with Crippen molar-refractivity contribution in [2.24, 2.45) is 0 Å². The first kappa shape index (κ1) is 14.5. The van der Waals surface area contributed by atoms with E-state index in [1.54, 1.807) is 11.3 Å². The molecule has 2 heterocycles. The van der Waals surface area contributed by atoms with Crippen LogP contribution >= 0.6 is 27.3 Å². The molecular weight excluding hydrogens is 346 g/mol. The largest absolute Gasteiger partial charge is 0.283 e. The maximum Gasteiger partial charge on any atom is 0.0932 e. The molecule has 1 aromatic carbocycles. The first-order valence-electron chi connectivity index (χ1n) is 6.70. The van der Waals surface area contributed by atoms with Gasteiger partial charge >= 0.3 is 0 Å². The number of aromatic nitrogens is 2. The molecule has 0 atom stereocenters. The van der Waals surface area contributed by atoms with E-state index < -0.39 is 0 Å². The highest BCUT2D eigenvalue weighted by molar-refractivity contribution is 9.10. The fourth-order valence-corrected chi connectivity index (χ4v) is 3.12. The van der Waals surface area contributed by atoms with Gasteiger partial charge in [0.15, 0.2) is 0 Å². The van der Waals surface area contributed by atoms with Crippen molar-refractivity contribution in [3.8, 4) is 11.3 Å². The van der Waals surface area contributed by atoms with E-state index in [1.165, 1.54) is 11.1 Å². The molecule has 0 fully saturated rings. The Balaban J connectivity index is 1.62. The third kappa shape index (κ3) is 3.81. The molecule has 0 unspecified atom stereocenters. The van der Waals surface area contributed by atoms with E-state index in [1.807, 2.05) is 10.9 Å². The molecule has 0 aliphatic carbocycles. The van der Waals surface area contributed by atoms with Gasteiger partial charge in [-0.1, -0.05) is 28.1 Å². The van der Waals surface area contributed by atoms with Crippen molar-refractivity contribution in [3.63, 3.8) is 0 Å². The third-order valence-electron chi connectivity index (χ3n) is 3.21. The lowest BCUT2D eigenvalue weighted by atomic mass is 10.2. The highest BCUT2D eigenvalue weighted by Crippen LogP contribution is 2.19. The molecule has 2 aromatic heterocycles. The van der Waals surface area contributed by atoms with E-state index in [2.05, 4.69) is 80.1 Å². The Hall–Kier alpha value is -1.43. The third-order valence-corrected chi connectivity index (χ3v) is 4.42. The number of rotatable bonds is 5. The first-order valence-corrected chi connectivity index (χ1v) is 8.43. The van der Waals surface area contributed by atoms with Crippen LogP contribution in [0.15, 0.2) is 57.8 Å². The van der Waals surface area contributed by atoms with Crippen LogP contribution in [0.5, 0.6) is 0 Å². The van der Waals surface area contributed by atoms with Crippen LogP contribution in [0, 0.1) is 0 Å². The van der Waals surface area contributed by atoms with Gasteiger partial charge in [0.2, 0.25) is 0 Å². The van der Waals surface area contributed by atoms with E-state index in [0.717, 1.165) is 23.4 Å². The minimum absolute atomic E-state index is 0.778. The first-order chi connectivity index (χ1) is 10.2. The van der Waals surface area contributed by atoms with E-state index in [4.69, 9.17) is 0 Å². The zero-order valence-corrected chi connectivity index (χ0v) is 14.1. The van der Waals surface area contributed by atoms with Gasteiger partial charge < -0.3 is 0 Å². The molecule has 3 rings (SSSR count). The Labute approximate surface area is 137 Å². The lowest BCUT2D eigenvalue weighted by molar-refractivity contribution is 0.246. The monoisotopic (exact) mass is 361 g/mol. The van der Waals surface area contributed by atoms with Crippen LogP contribution in [0.3, 0.4) is 0 Å². The van der Waals surface area contributed by atoms with Crippen molar-refractivity contribution in [2.75, 3.05) is 7.05 Å². The molecule has 3 aromatic rings. The van der Waals surface area contributed by atoms with Crippen molar-refractivity contribution in [3.05, 3.63) is 63.4 Å². The van der Waals surface area contributed by atoms with Crippen molar-refractivity contribution < 1.29 is 0 Å². The lowest BCUT2D eigenvalue weighted by Gasteiger charge is -2.16. The number of benzene rings is 1. The molecule has 21 heavy (non-hydrogen) atoms. The van der Waals surface area contributed by atoms with Gasteiger partial charge in [0.05, 0.1) is 12.4 Å². The number of nitrogens with zero attached hydrogens (tertiary/aromatic N) is 3. The average molecular weight is 362 g/mol. The van der Waals surface area contributed by atoms with Crippen LogP contribution < -0.4 is 0 Å². The summed E-state index contributed by atoms with van der Waals surface area (Å²) in [7, 11) is 2.11. The van der Waals surface area contributed by atoms with Gasteiger partial charge in [0.1, 0.15) is 0 Å². The Morgan fingerprint density at radius 2 is 2.00 bits per heavy atom. The zero-order valence-electron chi connectivity index (χ0n) is 11.7. The van der Waals surface area contributed by atoms with Crippen LogP contribution in [-0.2, 0) is 13.2 Å². The summed E-state index contributed by atoms with van der Waals surface area (Å²) in [5.74, 6) is 0. The predicted molar refractivity (Wildman–Crippen MR) is 91.1 cm³/mol. The molecule has 3 nitrogen and oxygen atoms in total. The molecule has 0 bridgehead atoms. The molecule has 0 N–H and O–H groups in total. The SMILES string of the molecule is CN(Cc1ccc(Br)cc1)Cn1ccc(-c2ccsc2)n1. The predicted octanol–water partition coefficient (Wildman–Crippen LogP) is 4.46. The smallest absolute Gasteiger partial charge is 0.0932 e. The second-order valence-corrected chi connectivity index (χ2v) is 6.73. The van der Waals surface area contributed by atoms with Crippen LogP contribution in [0.4, 0.5) is 0 Å². The summed E-state index contributed by atoms with van der Waals surface area (Å²) in [5, 5.41) is 8.82. The maximum absolute atomic E-state index is 4.62. The summed E-state index contributed by atoms with van der Waals surface area (Å²) in [4.78, 5) is 2.24. The minimum Gasteiger partial charge on any atom is -0.283 e. The van der Waals surface area contributed by atoms with Crippen LogP contribution in [0.1, 0.15) is 5.56 Å². The van der Waals surface area contributed by atoms with Gasteiger partial charge in [-0.25, -0.2) is 0 Å². The minimum atomic E-state index is 0.778. The van der Waals surface area contributed by atoms with E-state index in [0.29, 0.717) is 0 Å². The molecule has 0 radical (unpaired) electrons. The quantitative estimate of drug-likeness (QED) is 0.668. The molecule has 0 saturated heterocycles. The number of halogens is 1. The van der Waals surface area contributed by atoms with Crippen molar-refractivity contribution >= 4 is 27.3 Å². The van der Waals surface area contributed by atoms with Gasteiger partial charge in [0.25, 0.3) is 0 Å². The van der Waals surface area contributed by atoms with Crippen molar-refractivity contribution in [2.45, 2.75) is 13.2 Å². The molecule has 5 heteroatoms. The summed E-state index contributed by atoms with van der Waals surface area (Å²) in [6.07, 6.45) is 2.03. The summed E-state index contributed by atoms with van der Waals surface area (Å²) >= 11 is 5.16. The Bertz CT molecular complexity index is 689. The van der Waals surface area contributed by atoms with Crippen molar-refractivity contribution in [1.29, 1.82) is 0 Å². The Morgan fingerprint density at radius 1 is 1.19 bits per heavy atom. The summed E-state index contributed by atoms with van der Waals surface area (Å²) < 4.78 is 3.09. The van der Waals surface area contributed by atoms with Gasteiger partial charge in [-0.3, -0.25) is 9.58 Å². The van der Waals surface area contributed by atoms with Crippen LogP contribution in [0.2, 0.25) is 0 Å². The Morgan fingerprint density at radius 3 is 2.71 bits per heavy atom. The average Bonchev–Trinajstić information content (AvgIpc) is 3.12. The van der Waals surface area contributed by atoms with Crippen molar-refractivity contribution in [1.82, 2.24) is 14.7 Å². The zero-order chi connectivity index (χ0) is 14.7. The van der Waals surface area contributed by atoms with E-state index >= 15 is 0 Å². The standard InChI is InChI=1S/C16H16BrN3S/c1-19(10-13-2-4-15(17)5-3-13)12-20-8-6-16(18-20)14-7-9-21-11-14/h2-9,11H,10,12H2,1H3. The number of thiophene rings is 1. The fraction of sp³-hybridized carbons (Fsp3) is 0.188. The van der Waals surface area contributed by atoms with Gasteiger partial charge in [-0.2, -0.15) is 16.4 Å². The van der Waals surface area contributed by atoms with Gasteiger partial charge in [-0.05, 0) is 42.3 Å². The summed E-state index contributed by atoms with van der Waals surface area (Å²) in [5.41, 5.74) is 3.52. The number of hydrogen-bond acceptors (Lipinski definition) is 3. The van der Waals surface area contributed by atoms with E-state index in [-0.39, 0.29) is 0 Å². The normalized spacial score (nSPS) is 11.2. The molecule has 0 aliphatic rings. The molecule has 0 spiro atoms. The molecule has 0 aliphatic heterocycles. The van der Waals surface area contributed by atoms with Gasteiger partial charge in [0, 0.05) is 28.2 Å². The molecule has 108 valence electrons. The van der Waals surface area contributed by atoms with E-state index in [9.17, 15) is 0 Å². The second kappa shape index (κ2) is 6.56. The maximum atomic E-state index is 4.62. The topological polar surface area (TPSA) is 21.1 Å². The highest BCUT2D eigenvalue weighted by Gasteiger charge is 2.05. The van der Waals surface area contributed by atoms with Gasteiger partial charge in [-0.15, -0.1) is 0 Å². The summed E-state index contributed by atoms with van der Waals surface area (Å²) in [6.45, 7) is 1.68. The molecule has 0 saturated carbocycles.